The summed E-state index contributed by atoms with van der Waals surface area (Å²) in [5.41, 5.74) is 1.43. The second-order valence-corrected chi connectivity index (χ2v) is 7.31. The number of methoxy groups -OCH3 is 1. The fraction of sp³-hybridized carbons (Fsp3) is 0.125. The van der Waals surface area contributed by atoms with Crippen molar-refractivity contribution in [3.8, 4) is 0 Å². The van der Waals surface area contributed by atoms with Gasteiger partial charge in [-0.25, -0.2) is 29.5 Å². The maximum absolute atomic E-state index is 12.2. The highest BCUT2D eigenvalue weighted by Crippen LogP contribution is 2.32. The number of fused-ring (bicyclic) bond motifs is 2. The Morgan fingerprint density at radius 1 is 1.19 bits per heavy atom. The molecule has 4 aromatic rings. The summed E-state index contributed by atoms with van der Waals surface area (Å²) in [6, 6.07) is 0. The maximum atomic E-state index is 12.2. The molecule has 130 valence electrons. The van der Waals surface area contributed by atoms with E-state index in [4.69, 9.17) is 4.74 Å². The summed E-state index contributed by atoms with van der Waals surface area (Å²) >= 11 is 2.64. The van der Waals surface area contributed by atoms with E-state index in [0.717, 1.165) is 4.70 Å². The van der Waals surface area contributed by atoms with Crippen molar-refractivity contribution in [2.24, 2.45) is 0 Å². The Labute approximate surface area is 154 Å². The molecule has 0 atom stereocenters. The Morgan fingerprint density at radius 2 is 2.04 bits per heavy atom. The average Bonchev–Trinajstić information content (AvgIpc) is 3.21. The van der Waals surface area contributed by atoms with E-state index in [9.17, 15) is 14.7 Å². The summed E-state index contributed by atoms with van der Waals surface area (Å²) in [6.07, 6.45) is 4.86. The number of aromatic nitrogens is 4. The molecule has 0 saturated carbocycles. The van der Waals surface area contributed by atoms with Crippen molar-refractivity contribution in [1.82, 2.24) is 19.9 Å². The molecule has 0 amide bonds. The first-order valence-corrected chi connectivity index (χ1v) is 9.04. The Kier molecular flexibility index (Phi) is 4.05. The number of thiophene rings is 2. The Hall–Kier alpha value is -2.98. The van der Waals surface area contributed by atoms with Crippen molar-refractivity contribution in [3.05, 3.63) is 45.9 Å². The van der Waals surface area contributed by atoms with Crippen LogP contribution in [0, 0.1) is 0 Å². The number of ether oxygens (including phenoxy) is 1. The van der Waals surface area contributed by atoms with Crippen molar-refractivity contribution in [3.63, 3.8) is 0 Å². The number of aromatic carboxylic acids is 1. The number of carbonyl (C=O) groups excluding carboxylic acids is 1. The van der Waals surface area contributed by atoms with E-state index >= 15 is 0 Å². The van der Waals surface area contributed by atoms with E-state index < -0.39 is 11.9 Å². The monoisotopic (exact) mass is 386 g/mol. The van der Waals surface area contributed by atoms with E-state index in [0.29, 0.717) is 32.0 Å². The van der Waals surface area contributed by atoms with Crippen LogP contribution < -0.4 is 0 Å². The van der Waals surface area contributed by atoms with Gasteiger partial charge in [-0.15, -0.1) is 22.7 Å². The zero-order valence-electron chi connectivity index (χ0n) is 13.3. The summed E-state index contributed by atoms with van der Waals surface area (Å²) in [5, 5.41) is 10.8. The molecule has 0 spiro atoms. The Balaban J connectivity index is 1.82. The van der Waals surface area contributed by atoms with Crippen LogP contribution in [0.1, 0.15) is 31.4 Å². The third-order valence-electron chi connectivity index (χ3n) is 3.73. The smallest absolute Gasteiger partial charge is 0.341 e. The minimum absolute atomic E-state index is 0.143. The van der Waals surface area contributed by atoms with Gasteiger partial charge < -0.3 is 9.84 Å². The summed E-state index contributed by atoms with van der Waals surface area (Å²) in [5.74, 6) is -1.11. The van der Waals surface area contributed by atoms with Crippen molar-refractivity contribution in [2.75, 3.05) is 7.11 Å². The predicted octanol–water partition coefficient (Wildman–Crippen LogP) is 2.77. The fourth-order valence-corrected chi connectivity index (χ4v) is 4.53. The van der Waals surface area contributed by atoms with Crippen LogP contribution in [-0.4, -0.2) is 44.1 Å². The van der Waals surface area contributed by atoms with Crippen molar-refractivity contribution in [1.29, 1.82) is 0 Å². The topological polar surface area (TPSA) is 115 Å². The SMILES string of the molecule is COC(=O)c1c(Cc2ncc3scc(C(=O)O)c3n2)sc2cncnc12. The van der Waals surface area contributed by atoms with Gasteiger partial charge in [-0.3, -0.25) is 0 Å². The first-order valence-electron chi connectivity index (χ1n) is 7.34. The van der Waals surface area contributed by atoms with Crippen LogP contribution >= 0.6 is 22.7 Å². The number of carboxylic acids is 1. The Bertz CT molecular complexity index is 1170. The molecule has 0 aromatic carbocycles. The third kappa shape index (κ3) is 2.68. The molecule has 4 rings (SSSR count). The lowest BCUT2D eigenvalue weighted by molar-refractivity contribution is 0.0601. The molecule has 4 heterocycles. The number of carboxylic acid groups (broad SMARTS) is 1. The molecule has 0 fully saturated rings. The maximum Gasteiger partial charge on any atom is 0.341 e. The summed E-state index contributed by atoms with van der Waals surface area (Å²) in [6.45, 7) is 0. The van der Waals surface area contributed by atoms with Crippen LogP contribution in [0.2, 0.25) is 0 Å². The molecule has 0 unspecified atom stereocenters. The normalized spacial score (nSPS) is 11.1. The third-order valence-corrected chi connectivity index (χ3v) is 5.75. The quantitative estimate of drug-likeness (QED) is 0.532. The molecule has 1 N–H and O–H groups in total. The van der Waals surface area contributed by atoms with Crippen LogP contribution in [0.3, 0.4) is 0 Å². The van der Waals surface area contributed by atoms with Gasteiger partial charge in [0.05, 0.1) is 33.1 Å². The van der Waals surface area contributed by atoms with Gasteiger partial charge in [0.15, 0.2) is 0 Å². The molecule has 10 heteroatoms. The standard InChI is InChI=1S/C16H10N4O4S2/c1-24-16(23)12-8(26-10-3-17-6-19-14(10)12)2-11-18-4-9-13(20-11)7(5-25-9)15(21)22/h3-6H,2H2,1H3,(H,21,22). The number of nitrogens with zero attached hydrogens (tertiary/aromatic N) is 4. The van der Waals surface area contributed by atoms with Crippen LogP contribution in [0.5, 0.6) is 0 Å². The number of hydrogen-bond acceptors (Lipinski definition) is 9. The van der Waals surface area contributed by atoms with E-state index in [-0.39, 0.29) is 12.0 Å². The van der Waals surface area contributed by atoms with Crippen molar-refractivity contribution >= 4 is 55.0 Å². The largest absolute Gasteiger partial charge is 0.478 e. The van der Waals surface area contributed by atoms with E-state index in [1.54, 1.807) is 17.8 Å². The zero-order chi connectivity index (χ0) is 18.3. The predicted molar refractivity (Wildman–Crippen MR) is 95.9 cm³/mol. The Morgan fingerprint density at radius 3 is 2.81 bits per heavy atom. The van der Waals surface area contributed by atoms with Gasteiger partial charge in [-0.05, 0) is 0 Å². The number of hydrogen-bond donors (Lipinski definition) is 1. The van der Waals surface area contributed by atoms with Crippen molar-refractivity contribution in [2.45, 2.75) is 6.42 Å². The van der Waals surface area contributed by atoms with Gasteiger partial charge in [-0.2, -0.15) is 0 Å². The van der Waals surface area contributed by atoms with E-state index in [1.165, 1.54) is 36.1 Å². The molecule has 0 saturated heterocycles. The molecule has 4 aromatic heterocycles. The molecule has 8 nitrogen and oxygen atoms in total. The van der Waals surface area contributed by atoms with Gasteiger partial charge in [0, 0.05) is 29.1 Å². The number of carbonyl (C=O) groups is 2. The highest BCUT2D eigenvalue weighted by molar-refractivity contribution is 7.19. The van der Waals surface area contributed by atoms with E-state index in [2.05, 4.69) is 19.9 Å². The summed E-state index contributed by atoms with van der Waals surface area (Å²) in [7, 11) is 1.31. The summed E-state index contributed by atoms with van der Waals surface area (Å²) in [4.78, 5) is 41.1. The second kappa shape index (κ2) is 6.39. The minimum Gasteiger partial charge on any atom is -0.478 e. The number of rotatable bonds is 4. The van der Waals surface area contributed by atoms with Gasteiger partial charge in [0.1, 0.15) is 17.7 Å². The van der Waals surface area contributed by atoms with Gasteiger partial charge in [0.2, 0.25) is 0 Å². The highest BCUT2D eigenvalue weighted by Gasteiger charge is 2.22. The molecule has 26 heavy (non-hydrogen) atoms. The van der Waals surface area contributed by atoms with Crippen molar-refractivity contribution < 1.29 is 19.4 Å². The second-order valence-electron chi connectivity index (χ2n) is 5.26. The van der Waals surface area contributed by atoms with Crippen LogP contribution in [-0.2, 0) is 11.2 Å². The van der Waals surface area contributed by atoms with Crippen LogP contribution in [0.15, 0.2) is 24.1 Å². The molecular weight excluding hydrogens is 376 g/mol. The molecule has 0 bridgehead atoms. The fourth-order valence-electron chi connectivity index (χ4n) is 2.58. The molecular formula is C16H10N4O4S2. The van der Waals surface area contributed by atoms with Crippen LogP contribution in [0.25, 0.3) is 20.4 Å². The minimum atomic E-state index is -1.03. The first kappa shape index (κ1) is 16.5. The number of esters is 1. The van der Waals surface area contributed by atoms with Gasteiger partial charge in [0.25, 0.3) is 0 Å². The van der Waals surface area contributed by atoms with Gasteiger partial charge >= 0.3 is 11.9 Å². The average molecular weight is 386 g/mol. The zero-order valence-corrected chi connectivity index (χ0v) is 14.9. The molecule has 0 radical (unpaired) electrons. The lowest BCUT2D eigenvalue weighted by Gasteiger charge is -2.02. The highest BCUT2D eigenvalue weighted by atomic mass is 32.1. The van der Waals surface area contributed by atoms with Gasteiger partial charge in [-0.1, -0.05) is 0 Å². The van der Waals surface area contributed by atoms with E-state index in [1.807, 2.05) is 0 Å². The first-order chi connectivity index (χ1) is 12.6. The molecule has 0 aliphatic heterocycles. The summed E-state index contributed by atoms with van der Waals surface area (Å²) < 4.78 is 6.33. The van der Waals surface area contributed by atoms with Crippen LogP contribution in [0.4, 0.5) is 0 Å². The molecule has 0 aliphatic rings. The lowest BCUT2D eigenvalue weighted by atomic mass is 10.1. The molecule has 0 aliphatic carbocycles. The lowest BCUT2D eigenvalue weighted by Crippen LogP contribution is -2.06.